The van der Waals surface area contributed by atoms with Gasteiger partial charge in [0.05, 0.1) is 53.2 Å². The molecular formula is C45H49N7O5. The zero-order chi connectivity index (χ0) is 38.0. The molecule has 5 aromatic rings. The number of nitrogens with one attached hydrogen (secondary N) is 2. The smallest absolute Gasteiger partial charge is 0.252 e. The molecule has 3 N–H and O–H groups in total. The van der Waals surface area contributed by atoms with E-state index < -0.39 is 6.23 Å². The van der Waals surface area contributed by atoms with Gasteiger partial charge in [-0.3, -0.25) is 9.69 Å². The average Bonchev–Trinajstić information content (AvgIpc) is 4.11. The number of hydrogen-bond donors (Lipinski definition) is 3. The molecule has 2 aromatic carbocycles. The van der Waals surface area contributed by atoms with Gasteiger partial charge in [0.2, 0.25) is 6.23 Å². The van der Waals surface area contributed by atoms with Crippen molar-refractivity contribution in [1.82, 2.24) is 34.3 Å². The molecule has 4 saturated heterocycles. The van der Waals surface area contributed by atoms with Crippen LogP contribution in [-0.4, -0.2) is 90.1 Å². The number of benzene rings is 2. The first-order chi connectivity index (χ1) is 28.1. The highest BCUT2D eigenvalue weighted by Gasteiger charge is 2.39. The number of ether oxygens (including phenoxy) is 3. The van der Waals surface area contributed by atoms with E-state index >= 15 is 0 Å². The van der Waals surface area contributed by atoms with Crippen molar-refractivity contribution >= 4 is 28.0 Å². The van der Waals surface area contributed by atoms with Crippen LogP contribution in [0.4, 0.5) is 0 Å². The second-order valence-electron chi connectivity index (χ2n) is 16.5. The van der Waals surface area contributed by atoms with Gasteiger partial charge in [-0.15, -0.1) is 0 Å². The lowest BCUT2D eigenvalue weighted by atomic mass is 9.92. The number of imidazole rings is 2. The number of aliphatic hydroxyl groups excluding tert-OH is 1. The molecule has 0 spiro atoms. The third-order valence-corrected chi connectivity index (χ3v) is 13.1. The van der Waals surface area contributed by atoms with E-state index in [1.807, 2.05) is 23.4 Å². The molecule has 57 heavy (non-hydrogen) atoms. The normalized spacial score (nSPS) is 26.9. The van der Waals surface area contributed by atoms with Gasteiger partial charge >= 0.3 is 0 Å². The molecular weight excluding hydrogens is 719 g/mol. The average molecular weight is 768 g/mol. The minimum atomic E-state index is -0.615. The van der Waals surface area contributed by atoms with Gasteiger partial charge in [0.25, 0.3) is 5.91 Å². The van der Waals surface area contributed by atoms with Crippen molar-refractivity contribution < 1.29 is 24.1 Å². The van der Waals surface area contributed by atoms with E-state index in [2.05, 4.69) is 74.0 Å². The molecule has 1 aliphatic carbocycles. The topological polar surface area (TPSA) is 134 Å². The highest BCUT2D eigenvalue weighted by Crippen LogP contribution is 2.46. The first-order valence-corrected chi connectivity index (χ1v) is 21.0. The fraction of sp³-hybridized carbons (Fsp3) is 0.444. The van der Waals surface area contributed by atoms with E-state index in [-0.39, 0.29) is 36.4 Å². The van der Waals surface area contributed by atoms with Gasteiger partial charge in [-0.2, -0.15) is 0 Å². The molecule has 12 heteroatoms. The Labute approximate surface area is 331 Å². The van der Waals surface area contributed by atoms with Crippen molar-refractivity contribution in [3.63, 3.8) is 0 Å². The lowest BCUT2D eigenvalue weighted by Gasteiger charge is -2.33. The van der Waals surface area contributed by atoms with E-state index in [1.54, 1.807) is 0 Å². The number of hydrogen-bond acceptors (Lipinski definition) is 8. The molecule has 12 nitrogen and oxygen atoms in total. The Hall–Kier alpha value is -5.01. The van der Waals surface area contributed by atoms with Crippen LogP contribution in [0.1, 0.15) is 111 Å². The molecule has 294 valence electrons. The Balaban J connectivity index is 0.899. The number of nitrogens with zero attached hydrogens (tertiary/aromatic N) is 5. The predicted octanol–water partition coefficient (Wildman–Crippen LogP) is 7.40. The molecule has 0 bridgehead atoms. The molecule has 6 atom stereocenters. The molecule has 6 aliphatic rings. The number of carbonyl (C=O) groups excluding carboxylic acids is 1. The number of allylic oxidation sites excluding steroid dienone is 3. The third-order valence-electron chi connectivity index (χ3n) is 13.1. The van der Waals surface area contributed by atoms with E-state index in [0.29, 0.717) is 6.61 Å². The van der Waals surface area contributed by atoms with Crippen LogP contribution >= 0.6 is 0 Å². The highest BCUT2D eigenvalue weighted by molar-refractivity contribution is 5.91. The van der Waals surface area contributed by atoms with Crippen molar-refractivity contribution in [1.29, 1.82) is 0 Å². The van der Waals surface area contributed by atoms with Crippen LogP contribution in [0, 0.1) is 0 Å². The van der Waals surface area contributed by atoms with Gasteiger partial charge in [-0.25, -0.2) is 9.97 Å². The minimum absolute atomic E-state index is 0.0356. The maximum atomic E-state index is 13.3. The second kappa shape index (κ2) is 14.4. The summed E-state index contributed by atoms with van der Waals surface area (Å²) < 4.78 is 20.9. The van der Waals surface area contributed by atoms with Crippen molar-refractivity contribution in [3.8, 4) is 11.3 Å². The Morgan fingerprint density at radius 2 is 1.61 bits per heavy atom. The maximum absolute atomic E-state index is 13.3. The van der Waals surface area contributed by atoms with Crippen molar-refractivity contribution in [3.05, 3.63) is 107 Å². The Morgan fingerprint density at radius 3 is 2.46 bits per heavy atom. The first-order valence-electron chi connectivity index (χ1n) is 21.0. The summed E-state index contributed by atoms with van der Waals surface area (Å²) in [6, 6.07) is 19.4. The van der Waals surface area contributed by atoms with Crippen LogP contribution in [0.5, 0.6) is 0 Å². The SMILES string of the molecule is O=C(C1CCCO1)N1CCCC1c1ncc(C2=CC3=C(CC2)c2cc4cc(-c5cnc(C6CCCN6C(O)C6CCCO6)[nH]5)ccc4n2C(c2ccccc2)O3)[nH]1. The number of likely N-dealkylation sites (tertiary alicyclic amines) is 2. The van der Waals surface area contributed by atoms with Crippen LogP contribution in [0.3, 0.4) is 0 Å². The summed E-state index contributed by atoms with van der Waals surface area (Å²) in [5, 5.41) is 12.3. The molecule has 11 rings (SSSR count). The summed E-state index contributed by atoms with van der Waals surface area (Å²) in [6.07, 6.45) is 13.8. The predicted molar refractivity (Wildman–Crippen MR) is 214 cm³/mol. The van der Waals surface area contributed by atoms with Crippen LogP contribution in [0.2, 0.25) is 0 Å². The number of H-pyrrole nitrogens is 2. The quantitative estimate of drug-likeness (QED) is 0.149. The molecule has 3 aromatic heterocycles. The Kier molecular flexibility index (Phi) is 8.90. The highest BCUT2D eigenvalue weighted by atomic mass is 16.5. The van der Waals surface area contributed by atoms with E-state index in [9.17, 15) is 9.90 Å². The largest absolute Gasteiger partial charge is 0.466 e. The fourth-order valence-electron chi connectivity index (χ4n) is 10.2. The van der Waals surface area contributed by atoms with E-state index in [4.69, 9.17) is 24.2 Å². The molecule has 1 amide bonds. The Morgan fingerprint density at radius 1 is 0.825 bits per heavy atom. The Bertz CT molecular complexity index is 2360. The van der Waals surface area contributed by atoms with Crippen LogP contribution in [0.25, 0.3) is 33.3 Å². The first kappa shape index (κ1) is 35.2. The lowest BCUT2D eigenvalue weighted by Crippen LogP contribution is -2.43. The molecule has 4 fully saturated rings. The monoisotopic (exact) mass is 767 g/mol. The zero-order valence-electron chi connectivity index (χ0n) is 32.1. The van der Waals surface area contributed by atoms with Gasteiger partial charge in [0.15, 0.2) is 0 Å². The molecule has 6 unspecified atom stereocenters. The zero-order valence-corrected chi connectivity index (χ0v) is 32.1. The van der Waals surface area contributed by atoms with Gasteiger partial charge < -0.3 is 38.8 Å². The number of carbonyl (C=O) groups is 1. The van der Waals surface area contributed by atoms with Gasteiger partial charge in [-0.1, -0.05) is 36.4 Å². The van der Waals surface area contributed by atoms with E-state index in [0.717, 1.165) is 140 Å². The molecule has 5 aliphatic heterocycles. The number of amides is 1. The summed E-state index contributed by atoms with van der Waals surface area (Å²) in [7, 11) is 0. The number of aliphatic hydroxyl groups is 1. The number of rotatable bonds is 8. The molecule has 0 saturated carbocycles. The summed E-state index contributed by atoms with van der Waals surface area (Å²) >= 11 is 0. The summed E-state index contributed by atoms with van der Waals surface area (Å²) in [6.45, 7) is 2.96. The van der Waals surface area contributed by atoms with Gasteiger partial charge in [0, 0.05) is 48.4 Å². The lowest BCUT2D eigenvalue weighted by molar-refractivity contribution is -0.142. The molecule has 8 heterocycles. The second-order valence-corrected chi connectivity index (χ2v) is 16.5. The van der Waals surface area contributed by atoms with Crippen LogP contribution in [0.15, 0.2) is 78.8 Å². The van der Waals surface area contributed by atoms with Crippen molar-refractivity contribution in [2.24, 2.45) is 0 Å². The third kappa shape index (κ3) is 6.16. The summed E-state index contributed by atoms with van der Waals surface area (Å²) in [5.41, 5.74) is 8.72. The number of fused-ring (bicyclic) bond motifs is 4. The van der Waals surface area contributed by atoms with Crippen LogP contribution < -0.4 is 0 Å². The molecule has 0 radical (unpaired) electrons. The van der Waals surface area contributed by atoms with E-state index in [1.165, 1.54) is 11.3 Å². The summed E-state index contributed by atoms with van der Waals surface area (Å²) in [4.78, 5) is 34.4. The fourth-order valence-corrected chi connectivity index (χ4v) is 10.2. The maximum Gasteiger partial charge on any atom is 0.252 e. The van der Waals surface area contributed by atoms with Crippen molar-refractivity contribution in [2.45, 2.75) is 101 Å². The van der Waals surface area contributed by atoms with Crippen molar-refractivity contribution in [2.75, 3.05) is 26.3 Å². The van der Waals surface area contributed by atoms with Crippen LogP contribution in [-0.2, 0) is 19.0 Å². The van der Waals surface area contributed by atoms with Gasteiger partial charge in [0.1, 0.15) is 29.7 Å². The van der Waals surface area contributed by atoms with Gasteiger partial charge in [-0.05, 0) is 94.1 Å². The minimum Gasteiger partial charge on any atom is -0.466 e. The number of aromatic amines is 2. The number of aromatic nitrogens is 5. The summed E-state index contributed by atoms with van der Waals surface area (Å²) in [5.74, 6) is 2.72. The standard InChI is InChI=1S/C45H49N7O5/c53-43(38-12-6-20-55-38)50-18-4-10-35(50)41-46-25-32(48-41)28-15-17-34-30(22-28)23-37-31-16-14-29(24-40(31)57-45(52(34)37)27-8-2-1-3-9-27)33-26-47-42(49-33)36-11-5-19-51(36)44(54)39-13-7-21-56-39/h1-3,8-9,15,17,22-26,35-36,38-39,43,45,53H,4-7,10-14,16,18-21H2,(H,46,48)(H,47,49).